The standard InChI is InChI=1S/C18H22FN3O5/c1-3-4-8-18(2)16(25)22(17(26)21-18)10-15(24)27-11-14(23)20-13-7-5-6-12(19)9-13/h5-7,9H,3-4,8,10-11H2,1-2H3,(H,20,23)(H,21,26)/t18-/m0/s1. The molecule has 27 heavy (non-hydrogen) atoms. The second-order valence-corrected chi connectivity index (χ2v) is 6.48. The number of benzene rings is 1. The molecule has 2 N–H and O–H groups in total. The quantitative estimate of drug-likeness (QED) is 0.529. The summed E-state index contributed by atoms with van der Waals surface area (Å²) in [4.78, 5) is 48.8. The minimum Gasteiger partial charge on any atom is -0.454 e. The third-order valence-electron chi connectivity index (χ3n) is 4.14. The highest BCUT2D eigenvalue weighted by atomic mass is 19.1. The second-order valence-electron chi connectivity index (χ2n) is 6.48. The molecule has 0 spiro atoms. The fraction of sp³-hybridized carbons (Fsp3) is 0.444. The monoisotopic (exact) mass is 379 g/mol. The SMILES string of the molecule is CCCC[C@]1(C)NC(=O)N(CC(=O)OCC(=O)Nc2cccc(F)c2)C1=O. The lowest BCUT2D eigenvalue weighted by atomic mass is 9.95. The van der Waals surface area contributed by atoms with E-state index in [0.717, 1.165) is 23.8 Å². The lowest BCUT2D eigenvalue weighted by Crippen LogP contribution is -2.44. The maximum absolute atomic E-state index is 13.1. The zero-order chi connectivity index (χ0) is 20.0. The Morgan fingerprint density at radius 3 is 2.74 bits per heavy atom. The lowest BCUT2D eigenvalue weighted by Gasteiger charge is -2.21. The van der Waals surface area contributed by atoms with Crippen LogP contribution in [0.15, 0.2) is 24.3 Å². The molecular formula is C18H22FN3O5. The first kappa shape index (κ1) is 20.3. The number of anilines is 1. The number of nitrogens with zero attached hydrogens (tertiary/aromatic N) is 1. The predicted molar refractivity (Wildman–Crippen MR) is 94.2 cm³/mol. The molecule has 4 amide bonds. The van der Waals surface area contributed by atoms with Crippen LogP contribution in [0.4, 0.5) is 14.9 Å². The predicted octanol–water partition coefficient (Wildman–Crippen LogP) is 1.81. The molecule has 1 aromatic rings. The van der Waals surface area contributed by atoms with Gasteiger partial charge in [0.05, 0.1) is 0 Å². The highest BCUT2D eigenvalue weighted by Gasteiger charge is 2.47. The molecule has 1 aliphatic heterocycles. The van der Waals surface area contributed by atoms with E-state index < -0.39 is 48.3 Å². The molecule has 1 aliphatic rings. The number of carbonyl (C=O) groups excluding carboxylic acids is 4. The number of imide groups is 1. The van der Waals surface area contributed by atoms with Gasteiger partial charge in [-0.2, -0.15) is 0 Å². The van der Waals surface area contributed by atoms with Crippen molar-refractivity contribution in [1.29, 1.82) is 0 Å². The lowest BCUT2D eigenvalue weighted by molar-refractivity contribution is -0.150. The smallest absolute Gasteiger partial charge is 0.326 e. The Morgan fingerprint density at radius 1 is 1.33 bits per heavy atom. The van der Waals surface area contributed by atoms with E-state index in [1.165, 1.54) is 18.2 Å². The van der Waals surface area contributed by atoms with Gasteiger partial charge in [0.1, 0.15) is 17.9 Å². The van der Waals surface area contributed by atoms with Gasteiger partial charge in [0.2, 0.25) is 0 Å². The number of urea groups is 1. The van der Waals surface area contributed by atoms with Gasteiger partial charge in [-0.15, -0.1) is 0 Å². The third kappa shape index (κ3) is 5.25. The number of ether oxygens (including phenoxy) is 1. The molecular weight excluding hydrogens is 357 g/mol. The highest BCUT2D eigenvalue weighted by molar-refractivity contribution is 6.08. The first-order valence-electron chi connectivity index (χ1n) is 8.60. The summed E-state index contributed by atoms with van der Waals surface area (Å²) in [7, 11) is 0. The molecule has 146 valence electrons. The zero-order valence-corrected chi connectivity index (χ0v) is 15.2. The maximum atomic E-state index is 13.1. The van der Waals surface area contributed by atoms with Crippen LogP contribution in [0.5, 0.6) is 0 Å². The van der Waals surface area contributed by atoms with Crippen LogP contribution < -0.4 is 10.6 Å². The van der Waals surface area contributed by atoms with E-state index in [-0.39, 0.29) is 5.69 Å². The molecule has 0 unspecified atom stereocenters. The van der Waals surface area contributed by atoms with Crippen molar-refractivity contribution in [2.24, 2.45) is 0 Å². The topological polar surface area (TPSA) is 105 Å². The molecule has 0 saturated carbocycles. The summed E-state index contributed by atoms with van der Waals surface area (Å²) in [5, 5.41) is 4.96. The van der Waals surface area contributed by atoms with Crippen LogP contribution in [-0.2, 0) is 19.1 Å². The van der Waals surface area contributed by atoms with Crippen LogP contribution in [0, 0.1) is 5.82 Å². The summed E-state index contributed by atoms with van der Waals surface area (Å²) in [5.74, 6) is -2.58. The number of hydrogen-bond acceptors (Lipinski definition) is 5. The average molecular weight is 379 g/mol. The van der Waals surface area contributed by atoms with Crippen LogP contribution in [0.2, 0.25) is 0 Å². The number of nitrogens with one attached hydrogen (secondary N) is 2. The van der Waals surface area contributed by atoms with Gasteiger partial charge in [0.15, 0.2) is 6.61 Å². The molecule has 8 nitrogen and oxygen atoms in total. The molecule has 1 saturated heterocycles. The molecule has 0 aromatic heterocycles. The van der Waals surface area contributed by atoms with Crippen molar-refractivity contribution in [2.45, 2.75) is 38.6 Å². The maximum Gasteiger partial charge on any atom is 0.326 e. The Hall–Kier alpha value is -2.97. The van der Waals surface area contributed by atoms with Gasteiger partial charge in [-0.05, 0) is 31.5 Å². The van der Waals surface area contributed by atoms with E-state index >= 15 is 0 Å². The van der Waals surface area contributed by atoms with Gasteiger partial charge in [-0.25, -0.2) is 9.18 Å². The minimum absolute atomic E-state index is 0.219. The Morgan fingerprint density at radius 2 is 2.07 bits per heavy atom. The van der Waals surface area contributed by atoms with Crippen molar-refractivity contribution in [3.63, 3.8) is 0 Å². The van der Waals surface area contributed by atoms with Crippen molar-refractivity contribution < 1.29 is 28.3 Å². The van der Waals surface area contributed by atoms with Gasteiger partial charge >= 0.3 is 12.0 Å². The highest BCUT2D eigenvalue weighted by Crippen LogP contribution is 2.23. The third-order valence-corrected chi connectivity index (χ3v) is 4.14. The van der Waals surface area contributed by atoms with E-state index in [9.17, 15) is 23.6 Å². The van der Waals surface area contributed by atoms with Gasteiger partial charge in [-0.3, -0.25) is 19.3 Å². The zero-order valence-electron chi connectivity index (χ0n) is 15.2. The first-order chi connectivity index (χ1) is 12.7. The number of rotatable bonds is 8. The molecule has 9 heteroatoms. The minimum atomic E-state index is -1.04. The normalized spacial score (nSPS) is 19.0. The Bertz CT molecular complexity index is 754. The van der Waals surface area contributed by atoms with Gasteiger partial charge in [0.25, 0.3) is 11.8 Å². The summed E-state index contributed by atoms with van der Waals surface area (Å²) < 4.78 is 17.9. The average Bonchev–Trinajstić information content (AvgIpc) is 2.82. The van der Waals surface area contributed by atoms with Crippen LogP contribution in [-0.4, -0.2) is 47.4 Å². The first-order valence-corrected chi connectivity index (χ1v) is 8.60. The Labute approximate surface area is 156 Å². The molecule has 1 fully saturated rings. The van der Waals surface area contributed by atoms with Crippen molar-refractivity contribution in [3.05, 3.63) is 30.1 Å². The van der Waals surface area contributed by atoms with Gasteiger partial charge < -0.3 is 15.4 Å². The summed E-state index contributed by atoms with van der Waals surface area (Å²) >= 11 is 0. The van der Waals surface area contributed by atoms with Crippen LogP contribution in [0.1, 0.15) is 33.1 Å². The Kier molecular flexibility index (Phi) is 6.49. The molecule has 0 bridgehead atoms. The fourth-order valence-corrected chi connectivity index (χ4v) is 2.67. The summed E-state index contributed by atoms with van der Waals surface area (Å²) in [6.45, 7) is 2.38. The van der Waals surface area contributed by atoms with Crippen LogP contribution >= 0.6 is 0 Å². The molecule has 1 aromatic carbocycles. The van der Waals surface area contributed by atoms with Gasteiger partial charge in [-0.1, -0.05) is 25.8 Å². The van der Waals surface area contributed by atoms with Crippen molar-refractivity contribution in [1.82, 2.24) is 10.2 Å². The van der Waals surface area contributed by atoms with E-state index in [0.29, 0.717) is 6.42 Å². The van der Waals surface area contributed by atoms with Crippen molar-refractivity contribution in [3.8, 4) is 0 Å². The van der Waals surface area contributed by atoms with E-state index in [2.05, 4.69) is 10.6 Å². The summed E-state index contributed by atoms with van der Waals surface area (Å²) in [6.07, 6.45) is 2.08. The summed E-state index contributed by atoms with van der Waals surface area (Å²) in [5.41, 5.74) is -0.820. The van der Waals surface area contributed by atoms with Crippen molar-refractivity contribution >= 4 is 29.5 Å². The van der Waals surface area contributed by atoms with E-state index in [1.54, 1.807) is 6.92 Å². The van der Waals surface area contributed by atoms with Crippen molar-refractivity contribution in [2.75, 3.05) is 18.5 Å². The number of unbranched alkanes of at least 4 members (excludes halogenated alkanes) is 1. The van der Waals surface area contributed by atoms with Crippen LogP contribution in [0.3, 0.4) is 0 Å². The number of carbonyl (C=O) groups is 4. The number of hydrogen-bond donors (Lipinski definition) is 2. The summed E-state index contributed by atoms with van der Waals surface area (Å²) in [6, 6.07) is 4.57. The largest absolute Gasteiger partial charge is 0.454 e. The molecule has 1 heterocycles. The van der Waals surface area contributed by atoms with Crippen LogP contribution in [0.25, 0.3) is 0 Å². The van der Waals surface area contributed by atoms with Gasteiger partial charge in [0, 0.05) is 5.69 Å². The fourth-order valence-electron chi connectivity index (χ4n) is 2.67. The molecule has 0 aliphatic carbocycles. The number of esters is 1. The van der Waals surface area contributed by atoms with E-state index in [4.69, 9.17) is 4.74 Å². The number of amides is 4. The molecule has 0 radical (unpaired) electrons. The molecule has 2 rings (SSSR count). The Balaban J connectivity index is 1.84. The van der Waals surface area contributed by atoms with E-state index in [1.807, 2.05) is 6.92 Å². The number of halogens is 1. The second kappa shape index (κ2) is 8.61. The molecule has 1 atom stereocenters.